The molecule has 6 heteroatoms. The molecule has 1 unspecified atom stereocenters. The van der Waals surface area contributed by atoms with Gasteiger partial charge in [-0.15, -0.1) is 0 Å². The number of likely N-dealkylation sites (tertiary alicyclic amines) is 1. The molecule has 1 aliphatic heterocycles. The predicted octanol–water partition coefficient (Wildman–Crippen LogP) is 4.46. The second kappa shape index (κ2) is 9.02. The number of piperidine rings is 1. The predicted molar refractivity (Wildman–Crippen MR) is 112 cm³/mol. The zero-order chi connectivity index (χ0) is 19.4. The van der Waals surface area contributed by atoms with E-state index in [2.05, 4.69) is 81.4 Å². The molecule has 27 heavy (non-hydrogen) atoms. The number of amides is 1. The number of carbonyl (C=O) groups is 1. The summed E-state index contributed by atoms with van der Waals surface area (Å²) >= 11 is 3.48. The Morgan fingerprint density at radius 3 is 2.67 bits per heavy atom. The number of rotatable bonds is 6. The minimum Gasteiger partial charge on any atom is -0.347 e. The van der Waals surface area contributed by atoms with Crippen molar-refractivity contribution >= 4 is 21.8 Å². The lowest BCUT2D eigenvalue weighted by molar-refractivity contribution is 0.0945. The van der Waals surface area contributed by atoms with E-state index in [1.165, 1.54) is 31.5 Å². The van der Waals surface area contributed by atoms with Crippen molar-refractivity contribution in [2.24, 2.45) is 5.92 Å². The Labute approximate surface area is 170 Å². The summed E-state index contributed by atoms with van der Waals surface area (Å²) in [6.07, 6.45) is 2.65. The van der Waals surface area contributed by atoms with Gasteiger partial charge in [-0.1, -0.05) is 45.0 Å². The highest BCUT2D eigenvalue weighted by atomic mass is 79.9. The number of aromatic amines is 1. The highest BCUT2D eigenvalue weighted by Gasteiger charge is 2.19. The van der Waals surface area contributed by atoms with Gasteiger partial charge in [0.1, 0.15) is 0 Å². The maximum Gasteiger partial charge on any atom is 0.273 e. The van der Waals surface area contributed by atoms with E-state index in [-0.39, 0.29) is 11.8 Å². The van der Waals surface area contributed by atoms with Crippen LogP contribution in [0, 0.1) is 5.92 Å². The summed E-state index contributed by atoms with van der Waals surface area (Å²) in [5, 5.41) is 10.0. The van der Waals surface area contributed by atoms with E-state index >= 15 is 0 Å². The number of halogens is 1. The highest BCUT2D eigenvalue weighted by molar-refractivity contribution is 9.10. The lowest BCUT2D eigenvalue weighted by atomic mass is 9.99. The number of aromatic nitrogens is 2. The second-order valence-corrected chi connectivity index (χ2v) is 8.73. The van der Waals surface area contributed by atoms with Crippen LogP contribution >= 0.6 is 15.9 Å². The van der Waals surface area contributed by atoms with Gasteiger partial charge in [0.15, 0.2) is 5.69 Å². The maximum absolute atomic E-state index is 12.4. The van der Waals surface area contributed by atoms with E-state index in [0.717, 1.165) is 28.2 Å². The molecule has 1 aliphatic rings. The molecule has 1 atom stereocenters. The summed E-state index contributed by atoms with van der Waals surface area (Å²) in [5.41, 5.74) is 3.77. The van der Waals surface area contributed by atoms with Crippen molar-refractivity contribution in [3.05, 3.63) is 51.3 Å². The molecule has 2 heterocycles. The van der Waals surface area contributed by atoms with E-state index in [1.807, 2.05) is 0 Å². The Kier molecular flexibility index (Phi) is 6.71. The third kappa shape index (κ3) is 5.20. The summed E-state index contributed by atoms with van der Waals surface area (Å²) in [6, 6.07) is 8.54. The van der Waals surface area contributed by atoms with Crippen LogP contribution in [-0.4, -0.2) is 34.1 Å². The first-order chi connectivity index (χ1) is 12.9. The van der Waals surface area contributed by atoms with Gasteiger partial charge in [-0.2, -0.15) is 5.10 Å². The first-order valence-electron chi connectivity index (χ1n) is 9.76. The van der Waals surface area contributed by atoms with Crippen LogP contribution in [0.25, 0.3) is 0 Å². The minimum absolute atomic E-state index is 0.170. The topological polar surface area (TPSA) is 61.0 Å². The van der Waals surface area contributed by atoms with Crippen LogP contribution in [-0.2, 0) is 13.1 Å². The molecule has 1 fully saturated rings. The van der Waals surface area contributed by atoms with Crippen LogP contribution in [0.4, 0.5) is 0 Å². The van der Waals surface area contributed by atoms with Gasteiger partial charge in [0, 0.05) is 19.6 Å². The highest BCUT2D eigenvalue weighted by Crippen LogP contribution is 2.25. The minimum atomic E-state index is -0.170. The fourth-order valence-corrected chi connectivity index (χ4v) is 4.41. The Morgan fingerprint density at radius 1 is 1.33 bits per heavy atom. The number of carbonyl (C=O) groups excluding carboxylic acids is 1. The van der Waals surface area contributed by atoms with Gasteiger partial charge < -0.3 is 5.32 Å². The van der Waals surface area contributed by atoms with E-state index < -0.39 is 0 Å². The number of hydrogen-bond donors (Lipinski definition) is 2. The SMILES string of the molecule is CC1CCCN(Cc2ccc(CNC(=O)c3n[nH]c(C(C)C)c3Br)cc2)C1. The maximum atomic E-state index is 12.4. The zero-order valence-electron chi connectivity index (χ0n) is 16.4. The summed E-state index contributed by atoms with van der Waals surface area (Å²) in [4.78, 5) is 14.9. The fraction of sp³-hybridized carbons (Fsp3) is 0.524. The third-order valence-electron chi connectivity index (χ3n) is 5.15. The monoisotopic (exact) mass is 432 g/mol. The van der Waals surface area contributed by atoms with Crippen LogP contribution in [0.1, 0.15) is 66.8 Å². The van der Waals surface area contributed by atoms with Gasteiger partial charge in [-0.05, 0) is 58.3 Å². The molecule has 2 N–H and O–H groups in total. The van der Waals surface area contributed by atoms with Crippen LogP contribution < -0.4 is 5.32 Å². The molecule has 0 aliphatic carbocycles. The lowest BCUT2D eigenvalue weighted by Gasteiger charge is -2.30. The van der Waals surface area contributed by atoms with Crippen molar-refractivity contribution in [2.75, 3.05) is 13.1 Å². The van der Waals surface area contributed by atoms with Crippen molar-refractivity contribution in [3.8, 4) is 0 Å². The largest absolute Gasteiger partial charge is 0.347 e. The Balaban J connectivity index is 1.53. The van der Waals surface area contributed by atoms with E-state index in [0.29, 0.717) is 12.2 Å². The van der Waals surface area contributed by atoms with Gasteiger partial charge in [-0.3, -0.25) is 14.8 Å². The van der Waals surface area contributed by atoms with Crippen molar-refractivity contribution < 1.29 is 4.79 Å². The number of nitrogens with zero attached hydrogens (tertiary/aromatic N) is 2. The van der Waals surface area contributed by atoms with E-state index in [9.17, 15) is 4.79 Å². The standard InChI is InChI=1S/C21H29BrN4O/c1-14(2)19-18(22)20(25-24-19)21(27)23-11-16-6-8-17(9-7-16)13-26-10-4-5-15(3)12-26/h6-9,14-15H,4-5,10-13H2,1-3H3,(H,23,27)(H,24,25). The van der Waals surface area contributed by atoms with Crippen LogP contribution in [0.3, 0.4) is 0 Å². The van der Waals surface area contributed by atoms with Gasteiger partial charge in [-0.25, -0.2) is 0 Å². The molecule has 0 radical (unpaired) electrons. The third-order valence-corrected chi connectivity index (χ3v) is 5.95. The van der Waals surface area contributed by atoms with Crippen molar-refractivity contribution in [1.82, 2.24) is 20.4 Å². The molecule has 5 nitrogen and oxygen atoms in total. The Morgan fingerprint density at radius 2 is 2.04 bits per heavy atom. The van der Waals surface area contributed by atoms with Gasteiger partial charge in [0.2, 0.25) is 0 Å². The Hall–Kier alpha value is -1.66. The van der Waals surface area contributed by atoms with Gasteiger partial charge >= 0.3 is 0 Å². The summed E-state index contributed by atoms with van der Waals surface area (Å²) in [6.45, 7) is 10.3. The molecule has 3 rings (SSSR count). The molecular weight excluding hydrogens is 404 g/mol. The summed E-state index contributed by atoms with van der Waals surface area (Å²) in [5.74, 6) is 0.908. The van der Waals surface area contributed by atoms with Crippen molar-refractivity contribution in [2.45, 2.75) is 52.6 Å². The fourth-order valence-electron chi connectivity index (χ4n) is 3.59. The molecule has 0 bridgehead atoms. The average molecular weight is 433 g/mol. The zero-order valence-corrected chi connectivity index (χ0v) is 18.0. The molecule has 1 aromatic carbocycles. The molecule has 1 amide bonds. The summed E-state index contributed by atoms with van der Waals surface area (Å²) in [7, 11) is 0. The van der Waals surface area contributed by atoms with E-state index in [1.54, 1.807) is 0 Å². The number of benzene rings is 1. The normalized spacial score (nSPS) is 18.0. The number of H-pyrrole nitrogens is 1. The van der Waals surface area contributed by atoms with Gasteiger partial charge in [0.25, 0.3) is 5.91 Å². The van der Waals surface area contributed by atoms with Crippen molar-refractivity contribution in [3.63, 3.8) is 0 Å². The molecule has 146 valence electrons. The Bertz CT molecular complexity index is 769. The first-order valence-corrected chi connectivity index (χ1v) is 10.6. The average Bonchev–Trinajstić information content (AvgIpc) is 3.03. The molecule has 0 spiro atoms. The van der Waals surface area contributed by atoms with Crippen LogP contribution in [0.15, 0.2) is 28.7 Å². The molecule has 1 aromatic heterocycles. The van der Waals surface area contributed by atoms with Gasteiger partial charge in [0.05, 0.1) is 10.2 Å². The summed E-state index contributed by atoms with van der Waals surface area (Å²) < 4.78 is 0.751. The smallest absolute Gasteiger partial charge is 0.273 e. The number of nitrogens with one attached hydrogen (secondary N) is 2. The molecule has 1 saturated heterocycles. The molecule has 0 saturated carbocycles. The van der Waals surface area contributed by atoms with Crippen molar-refractivity contribution in [1.29, 1.82) is 0 Å². The molecule has 2 aromatic rings. The second-order valence-electron chi connectivity index (χ2n) is 7.94. The number of hydrogen-bond acceptors (Lipinski definition) is 3. The van der Waals surface area contributed by atoms with Crippen LogP contribution in [0.5, 0.6) is 0 Å². The first kappa shape index (κ1) is 20.1. The van der Waals surface area contributed by atoms with Crippen LogP contribution in [0.2, 0.25) is 0 Å². The van der Waals surface area contributed by atoms with E-state index in [4.69, 9.17) is 0 Å². The quantitative estimate of drug-likeness (QED) is 0.707. The molecular formula is C21H29BrN4O. The lowest BCUT2D eigenvalue weighted by Crippen LogP contribution is -2.33.